The van der Waals surface area contributed by atoms with Gasteiger partial charge < -0.3 is 19.9 Å². The molecule has 1 amide bonds. The first-order chi connectivity index (χ1) is 12.1. The molecule has 1 saturated carbocycles. The van der Waals surface area contributed by atoms with Gasteiger partial charge in [-0.3, -0.25) is 9.59 Å². The molecule has 0 aliphatic heterocycles. The molecule has 0 aromatic heterocycles. The Hall–Kier alpha value is -2.45. The van der Waals surface area contributed by atoms with Gasteiger partial charge in [-0.2, -0.15) is 13.2 Å². The largest absolute Gasteiger partial charge is 0.493 e. The Balaban J connectivity index is 1.85. The molecule has 26 heavy (non-hydrogen) atoms. The molecule has 1 fully saturated rings. The molecule has 144 valence electrons. The second kappa shape index (κ2) is 7.84. The molecular weight excluding hydrogens is 355 g/mol. The zero-order valence-electron chi connectivity index (χ0n) is 14.2. The van der Waals surface area contributed by atoms with Crippen LogP contribution in [0.4, 0.5) is 13.2 Å². The third kappa shape index (κ3) is 5.53. The van der Waals surface area contributed by atoms with E-state index in [1.54, 1.807) is 6.07 Å². The molecule has 0 heterocycles. The lowest BCUT2D eigenvalue weighted by molar-refractivity contribution is -0.153. The van der Waals surface area contributed by atoms with E-state index in [1.807, 2.05) is 0 Å². The van der Waals surface area contributed by atoms with Gasteiger partial charge >= 0.3 is 12.1 Å². The van der Waals surface area contributed by atoms with Gasteiger partial charge in [-0.15, -0.1) is 0 Å². The second-order valence-electron chi connectivity index (χ2n) is 6.25. The lowest BCUT2D eigenvalue weighted by Crippen LogP contribution is -2.34. The van der Waals surface area contributed by atoms with Crippen LogP contribution in [0.3, 0.4) is 0 Å². The van der Waals surface area contributed by atoms with E-state index in [9.17, 15) is 22.8 Å². The monoisotopic (exact) mass is 375 g/mol. The van der Waals surface area contributed by atoms with Crippen LogP contribution in [0, 0.1) is 5.41 Å². The molecular formula is C17H20F3NO5. The van der Waals surface area contributed by atoms with Crippen LogP contribution in [-0.2, 0) is 16.0 Å². The van der Waals surface area contributed by atoms with Gasteiger partial charge in [0, 0.05) is 13.0 Å². The highest BCUT2D eigenvalue weighted by molar-refractivity contribution is 5.81. The average molecular weight is 375 g/mol. The summed E-state index contributed by atoms with van der Waals surface area (Å²) in [6, 6.07) is 4.43. The summed E-state index contributed by atoms with van der Waals surface area (Å²) >= 11 is 0. The topological polar surface area (TPSA) is 84.9 Å². The quantitative estimate of drug-likeness (QED) is 0.693. The molecule has 0 spiro atoms. The van der Waals surface area contributed by atoms with Crippen molar-refractivity contribution in [2.75, 3.05) is 20.3 Å². The van der Waals surface area contributed by atoms with E-state index in [2.05, 4.69) is 5.32 Å². The number of benzene rings is 1. The molecule has 1 aromatic rings. The summed E-state index contributed by atoms with van der Waals surface area (Å²) in [5.74, 6) is -1.07. The molecule has 1 aliphatic rings. The number of rotatable bonds is 9. The maximum absolute atomic E-state index is 12.2. The van der Waals surface area contributed by atoms with Gasteiger partial charge in [-0.1, -0.05) is 6.07 Å². The number of carboxylic acids is 1. The number of nitrogens with one attached hydrogen (secondary N) is 1. The predicted molar refractivity (Wildman–Crippen MR) is 85.2 cm³/mol. The van der Waals surface area contributed by atoms with Crippen LogP contribution in [0.5, 0.6) is 11.5 Å². The zero-order valence-corrected chi connectivity index (χ0v) is 14.2. The maximum atomic E-state index is 12.2. The van der Waals surface area contributed by atoms with Crippen molar-refractivity contribution in [3.8, 4) is 11.5 Å². The zero-order chi connectivity index (χ0) is 19.4. The summed E-state index contributed by atoms with van der Waals surface area (Å²) in [4.78, 5) is 22.9. The Morgan fingerprint density at radius 2 is 1.96 bits per heavy atom. The lowest BCUT2D eigenvalue weighted by Gasteiger charge is -2.14. The van der Waals surface area contributed by atoms with Crippen LogP contribution < -0.4 is 14.8 Å². The molecule has 6 nitrogen and oxygen atoms in total. The van der Waals surface area contributed by atoms with Crippen molar-refractivity contribution < 1.29 is 37.3 Å². The molecule has 1 aliphatic carbocycles. The molecule has 9 heteroatoms. The number of carboxylic acid groups (broad SMARTS) is 1. The van der Waals surface area contributed by atoms with Crippen molar-refractivity contribution in [2.24, 2.45) is 5.41 Å². The van der Waals surface area contributed by atoms with Crippen molar-refractivity contribution in [3.05, 3.63) is 23.8 Å². The van der Waals surface area contributed by atoms with E-state index < -0.39 is 24.2 Å². The number of halogens is 3. The van der Waals surface area contributed by atoms with Crippen LogP contribution in [0.25, 0.3) is 0 Å². The number of aryl methyl sites for hydroxylation is 1. The van der Waals surface area contributed by atoms with E-state index in [1.165, 1.54) is 19.2 Å². The van der Waals surface area contributed by atoms with E-state index in [0.717, 1.165) is 0 Å². The Labute approximate surface area is 148 Å². The Bertz CT molecular complexity index is 671. The minimum atomic E-state index is -4.45. The number of alkyl halides is 3. The Morgan fingerprint density at radius 1 is 1.27 bits per heavy atom. The third-order valence-corrected chi connectivity index (χ3v) is 4.19. The SMILES string of the molecule is COc1cc(CCC(=O)NCC2(C(=O)O)CC2)ccc1OCC(F)(F)F. The van der Waals surface area contributed by atoms with Crippen LogP contribution in [0.15, 0.2) is 18.2 Å². The highest BCUT2D eigenvalue weighted by Crippen LogP contribution is 2.45. The van der Waals surface area contributed by atoms with Gasteiger partial charge in [0.1, 0.15) is 0 Å². The smallest absolute Gasteiger partial charge is 0.422 e. The van der Waals surface area contributed by atoms with Gasteiger partial charge in [-0.05, 0) is 37.0 Å². The number of hydrogen-bond acceptors (Lipinski definition) is 4. The van der Waals surface area contributed by atoms with Crippen LogP contribution in [0.2, 0.25) is 0 Å². The van der Waals surface area contributed by atoms with Gasteiger partial charge in [-0.25, -0.2) is 0 Å². The van der Waals surface area contributed by atoms with Crippen molar-refractivity contribution in [1.29, 1.82) is 0 Å². The summed E-state index contributed by atoms with van der Waals surface area (Å²) in [7, 11) is 1.31. The molecule has 2 N–H and O–H groups in total. The van der Waals surface area contributed by atoms with E-state index in [4.69, 9.17) is 14.6 Å². The minimum absolute atomic E-state index is 0.0323. The Morgan fingerprint density at radius 3 is 2.50 bits per heavy atom. The van der Waals surface area contributed by atoms with Crippen molar-refractivity contribution in [1.82, 2.24) is 5.32 Å². The fraction of sp³-hybridized carbons (Fsp3) is 0.529. The highest BCUT2D eigenvalue weighted by atomic mass is 19.4. The summed E-state index contributed by atoms with van der Waals surface area (Å²) in [5, 5.41) is 11.7. The standard InChI is InChI=1S/C17H20F3NO5/c1-25-13-8-11(2-4-12(13)26-10-17(18,19)20)3-5-14(22)21-9-16(6-7-16)15(23)24/h2,4,8H,3,5-7,9-10H2,1H3,(H,21,22)(H,23,24). The molecule has 2 rings (SSSR count). The predicted octanol–water partition coefficient (Wildman–Crippen LogP) is 2.55. The first-order valence-electron chi connectivity index (χ1n) is 8.02. The van der Waals surface area contributed by atoms with Gasteiger partial charge in [0.25, 0.3) is 0 Å². The van der Waals surface area contributed by atoms with Crippen LogP contribution >= 0.6 is 0 Å². The number of methoxy groups -OCH3 is 1. The van der Waals surface area contributed by atoms with Crippen LogP contribution in [0.1, 0.15) is 24.8 Å². The normalized spacial score (nSPS) is 15.2. The summed E-state index contributed by atoms with van der Waals surface area (Å²) < 4.78 is 46.4. The van der Waals surface area contributed by atoms with Gasteiger partial charge in [0.2, 0.25) is 5.91 Å². The molecule has 0 unspecified atom stereocenters. The summed E-state index contributed by atoms with van der Waals surface area (Å²) in [6.07, 6.45) is -2.88. The first kappa shape index (κ1) is 19.9. The van der Waals surface area contributed by atoms with E-state index in [0.29, 0.717) is 24.8 Å². The van der Waals surface area contributed by atoms with Gasteiger partial charge in [0.05, 0.1) is 12.5 Å². The minimum Gasteiger partial charge on any atom is -0.493 e. The number of aliphatic carboxylic acids is 1. The maximum Gasteiger partial charge on any atom is 0.422 e. The van der Waals surface area contributed by atoms with Crippen LogP contribution in [-0.4, -0.2) is 43.4 Å². The first-order valence-corrected chi connectivity index (χ1v) is 8.02. The molecule has 1 aromatic carbocycles. The number of carbonyl (C=O) groups excluding carboxylic acids is 1. The van der Waals surface area contributed by atoms with E-state index in [-0.39, 0.29) is 30.4 Å². The molecule has 0 bridgehead atoms. The summed E-state index contributed by atoms with van der Waals surface area (Å²) in [5.41, 5.74) is -0.133. The third-order valence-electron chi connectivity index (χ3n) is 4.19. The highest BCUT2D eigenvalue weighted by Gasteiger charge is 2.50. The Kier molecular flexibility index (Phi) is 5.99. The average Bonchev–Trinajstić information content (AvgIpc) is 3.37. The lowest BCUT2D eigenvalue weighted by atomic mass is 10.1. The van der Waals surface area contributed by atoms with Crippen molar-refractivity contribution in [2.45, 2.75) is 31.9 Å². The molecule has 0 atom stereocenters. The van der Waals surface area contributed by atoms with E-state index >= 15 is 0 Å². The fourth-order valence-electron chi connectivity index (χ4n) is 2.38. The number of ether oxygens (including phenoxy) is 2. The molecule has 0 saturated heterocycles. The van der Waals surface area contributed by atoms with Gasteiger partial charge in [0.15, 0.2) is 18.1 Å². The number of hydrogen-bond donors (Lipinski definition) is 2. The van der Waals surface area contributed by atoms with Crippen molar-refractivity contribution in [3.63, 3.8) is 0 Å². The second-order valence-corrected chi connectivity index (χ2v) is 6.25. The number of carbonyl (C=O) groups is 2. The fourth-order valence-corrected chi connectivity index (χ4v) is 2.38. The summed E-state index contributed by atoms with van der Waals surface area (Å²) in [6.45, 7) is -1.31. The van der Waals surface area contributed by atoms with Crippen molar-refractivity contribution >= 4 is 11.9 Å². The number of amides is 1. The molecule has 0 radical (unpaired) electrons.